The van der Waals surface area contributed by atoms with Gasteiger partial charge in [-0.25, -0.2) is 9.59 Å². The normalized spacial score (nSPS) is 10.5. The number of rotatable bonds is 6. The topological polar surface area (TPSA) is 97.5 Å². The van der Waals surface area contributed by atoms with E-state index in [9.17, 15) is 14.4 Å². The first-order valence-electron chi connectivity index (χ1n) is 7.10. The Hall–Kier alpha value is -2.31. The molecule has 2 N–H and O–H groups in total. The first-order chi connectivity index (χ1) is 10.3. The summed E-state index contributed by atoms with van der Waals surface area (Å²) in [4.78, 5) is 38.2. The lowest BCUT2D eigenvalue weighted by atomic mass is 10.1. The van der Waals surface area contributed by atoms with Crippen LogP contribution in [0.5, 0.6) is 0 Å². The molecule has 0 aliphatic heterocycles. The van der Waals surface area contributed by atoms with Crippen molar-refractivity contribution >= 4 is 17.8 Å². The Morgan fingerprint density at radius 2 is 1.77 bits per heavy atom. The lowest BCUT2D eigenvalue weighted by Crippen LogP contribution is -2.34. The first-order valence-corrected chi connectivity index (χ1v) is 7.10. The highest BCUT2D eigenvalue weighted by molar-refractivity contribution is 5.99. The summed E-state index contributed by atoms with van der Waals surface area (Å²) in [5, 5.41) is 2.62. The Bertz CT molecular complexity index is 575. The predicted molar refractivity (Wildman–Crippen MR) is 79.8 cm³/mol. The van der Waals surface area contributed by atoms with Crippen LogP contribution in [0, 0.1) is 13.8 Å². The molecule has 0 saturated heterocycles. The number of hydrogen-bond donors (Lipinski definition) is 2. The minimum absolute atomic E-state index is 0.0302. The molecular weight excluding hydrogens is 288 g/mol. The van der Waals surface area contributed by atoms with E-state index in [1.54, 1.807) is 20.8 Å². The average molecular weight is 310 g/mol. The second-order valence-electron chi connectivity index (χ2n) is 5.14. The number of carbonyl (C=O) groups is 3. The van der Waals surface area contributed by atoms with Crippen molar-refractivity contribution < 1.29 is 23.9 Å². The third-order valence-electron chi connectivity index (χ3n) is 2.91. The van der Waals surface area contributed by atoms with Crippen LogP contribution in [0.4, 0.5) is 0 Å². The molecule has 122 valence electrons. The summed E-state index contributed by atoms with van der Waals surface area (Å²) >= 11 is 0. The number of aromatic nitrogens is 1. The van der Waals surface area contributed by atoms with Gasteiger partial charge in [0.05, 0.1) is 12.2 Å². The maximum atomic E-state index is 12.1. The molecule has 0 fully saturated rings. The van der Waals surface area contributed by atoms with Crippen LogP contribution in [-0.4, -0.2) is 42.1 Å². The fourth-order valence-electron chi connectivity index (χ4n) is 2.03. The molecule has 0 aliphatic carbocycles. The van der Waals surface area contributed by atoms with E-state index < -0.39 is 11.9 Å². The van der Waals surface area contributed by atoms with Gasteiger partial charge >= 0.3 is 11.9 Å². The SMILES string of the molecule is CCOC(=O)c1[nH]c(C)c(C(=O)OCC(=O)NC(C)C)c1C. The number of esters is 2. The zero-order valence-corrected chi connectivity index (χ0v) is 13.5. The Kier molecular flexibility index (Phi) is 6.15. The summed E-state index contributed by atoms with van der Waals surface area (Å²) in [7, 11) is 0. The van der Waals surface area contributed by atoms with Gasteiger partial charge in [-0.1, -0.05) is 0 Å². The molecule has 1 aromatic rings. The molecule has 0 unspecified atom stereocenters. The second-order valence-corrected chi connectivity index (χ2v) is 5.14. The van der Waals surface area contributed by atoms with E-state index >= 15 is 0 Å². The van der Waals surface area contributed by atoms with E-state index in [0.29, 0.717) is 11.3 Å². The Morgan fingerprint density at radius 1 is 1.14 bits per heavy atom. The van der Waals surface area contributed by atoms with Gasteiger partial charge in [-0.2, -0.15) is 0 Å². The summed E-state index contributed by atoms with van der Waals surface area (Å²) in [5.74, 6) is -1.56. The average Bonchev–Trinajstić information content (AvgIpc) is 2.71. The van der Waals surface area contributed by atoms with Gasteiger partial charge in [0.1, 0.15) is 5.69 Å². The third kappa shape index (κ3) is 4.34. The number of amides is 1. The zero-order valence-electron chi connectivity index (χ0n) is 13.5. The lowest BCUT2D eigenvalue weighted by Gasteiger charge is -2.09. The maximum absolute atomic E-state index is 12.1. The summed E-state index contributed by atoms with van der Waals surface area (Å²) in [6.07, 6.45) is 0. The number of H-pyrrole nitrogens is 1. The van der Waals surface area contributed by atoms with Crippen molar-refractivity contribution in [1.82, 2.24) is 10.3 Å². The number of hydrogen-bond acceptors (Lipinski definition) is 5. The number of ether oxygens (including phenoxy) is 2. The zero-order chi connectivity index (χ0) is 16.9. The van der Waals surface area contributed by atoms with Crippen LogP contribution in [0.1, 0.15) is 52.9 Å². The number of aromatic amines is 1. The van der Waals surface area contributed by atoms with Crippen LogP contribution >= 0.6 is 0 Å². The summed E-state index contributed by atoms with van der Waals surface area (Å²) in [6.45, 7) is 8.48. The number of nitrogens with one attached hydrogen (secondary N) is 2. The second kappa shape index (κ2) is 7.63. The molecule has 7 nitrogen and oxygen atoms in total. The van der Waals surface area contributed by atoms with Gasteiger partial charge in [-0.3, -0.25) is 4.79 Å². The van der Waals surface area contributed by atoms with Crippen LogP contribution in [0.25, 0.3) is 0 Å². The fourth-order valence-corrected chi connectivity index (χ4v) is 2.03. The molecule has 1 rings (SSSR count). The fraction of sp³-hybridized carbons (Fsp3) is 0.533. The monoisotopic (exact) mass is 310 g/mol. The first kappa shape index (κ1) is 17.7. The van der Waals surface area contributed by atoms with E-state index in [1.165, 1.54) is 0 Å². The molecule has 0 saturated carbocycles. The molecule has 7 heteroatoms. The van der Waals surface area contributed by atoms with Crippen molar-refractivity contribution in [2.75, 3.05) is 13.2 Å². The molecule has 0 aliphatic rings. The van der Waals surface area contributed by atoms with Crippen molar-refractivity contribution in [3.05, 3.63) is 22.5 Å². The molecule has 0 atom stereocenters. The van der Waals surface area contributed by atoms with Crippen LogP contribution in [-0.2, 0) is 14.3 Å². The molecular formula is C15H22N2O5. The highest BCUT2D eigenvalue weighted by atomic mass is 16.5. The summed E-state index contributed by atoms with van der Waals surface area (Å²) < 4.78 is 9.89. The number of aryl methyl sites for hydroxylation is 1. The van der Waals surface area contributed by atoms with Crippen LogP contribution < -0.4 is 5.32 Å². The van der Waals surface area contributed by atoms with Crippen LogP contribution in [0.15, 0.2) is 0 Å². The minimum Gasteiger partial charge on any atom is -0.461 e. The van der Waals surface area contributed by atoms with Gasteiger partial charge in [-0.15, -0.1) is 0 Å². The lowest BCUT2D eigenvalue weighted by molar-refractivity contribution is -0.124. The van der Waals surface area contributed by atoms with Gasteiger partial charge < -0.3 is 19.8 Å². The van der Waals surface area contributed by atoms with Gasteiger partial charge in [0, 0.05) is 11.7 Å². The Labute approximate surface area is 129 Å². The molecule has 1 heterocycles. The molecule has 0 radical (unpaired) electrons. The van der Waals surface area contributed by atoms with E-state index in [4.69, 9.17) is 9.47 Å². The molecule has 0 aromatic carbocycles. The Morgan fingerprint density at radius 3 is 2.32 bits per heavy atom. The minimum atomic E-state index is -0.652. The standard InChI is InChI=1S/C15H22N2O5/c1-6-21-15(20)13-9(4)12(10(5)17-13)14(19)22-7-11(18)16-8(2)3/h8,17H,6-7H2,1-5H3,(H,16,18). The summed E-state index contributed by atoms with van der Waals surface area (Å²) in [5.41, 5.74) is 1.42. The highest BCUT2D eigenvalue weighted by Gasteiger charge is 2.24. The smallest absolute Gasteiger partial charge is 0.355 e. The number of carbonyl (C=O) groups excluding carboxylic acids is 3. The van der Waals surface area contributed by atoms with Gasteiger partial charge in [0.2, 0.25) is 0 Å². The largest absolute Gasteiger partial charge is 0.461 e. The molecule has 1 amide bonds. The van der Waals surface area contributed by atoms with Gasteiger partial charge in [0.15, 0.2) is 6.61 Å². The van der Waals surface area contributed by atoms with E-state index in [2.05, 4.69) is 10.3 Å². The van der Waals surface area contributed by atoms with Crippen molar-refractivity contribution in [3.63, 3.8) is 0 Å². The van der Waals surface area contributed by atoms with E-state index in [0.717, 1.165) is 0 Å². The van der Waals surface area contributed by atoms with Crippen molar-refractivity contribution in [3.8, 4) is 0 Å². The molecule has 0 spiro atoms. The predicted octanol–water partition coefficient (Wildman–Crippen LogP) is 1.49. The molecule has 1 aromatic heterocycles. The molecule has 0 bridgehead atoms. The summed E-state index contributed by atoms with van der Waals surface area (Å²) in [6, 6.07) is -0.0302. The van der Waals surface area contributed by atoms with Crippen molar-refractivity contribution in [1.29, 1.82) is 0 Å². The third-order valence-corrected chi connectivity index (χ3v) is 2.91. The van der Waals surface area contributed by atoms with Crippen LogP contribution in [0.2, 0.25) is 0 Å². The maximum Gasteiger partial charge on any atom is 0.355 e. The highest BCUT2D eigenvalue weighted by Crippen LogP contribution is 2.19. The van der Waals surface area contributed by atoms with Gasteiger partial charge in [0.25, 0.3) is 5.91 Å². The van der Waals surface area contributed by atoms with Crippen molar-refractivity contribution in [2.24, 2.45) is 0 Å². The molecule has 22 heavy (non-hydrogen) atoms. The van der Waals surface area contributed by atoms with Gasteiger partial charge in [-0.05, 0) is 40.2 Å². The Balaban J connectivity index is 2.82. The van der Waals surface area contributed by atoms with Crippen molar-refractivity contribution in [2.45, 2.75) is 40.7 Å². The quantitative estimate of drug-likeness (QED) is 0.776. The van der Waals surface area contributed by atoms with E-state index in [-0.39, 0.29) is 36.4 Å². The van der Waals surface area contributed by atoms with Crippen LogP contribution in [0.3, 0.4) is 0 Å². The van der Waals surface area contributed by atoms with E-state index in [1.807, 2.05) is 13.8 Å².